The van der Waals surface area contributed by atoms with E-state index in [1.807, 2.05) is 0 Å². The first kappa shape index (κ1) is 8.96. The maximum Gasteiger partial charge on any atom is 0.0298 e. The zero-order valence-electron chi connectivity index (χ0n) is 2.05. The summed E-state index contributed by atoms with van der Waals surface area (Å²) in [6.07, 6.45) is 0. The Balaban J connectivity index is 0. The van der Waals surface area contributed by atoms with Crippen molar-refractivity contribution < 1.29 is 23.8 Å². The molecule has 0 fully saturated rings. The van der Waals surface area contributed by atoms with Gasteiger partial charge in [0, 0.05) is 25.3 Å². The van der Waals surface area contributed by atoms with Crippen LogP contribution in [-0.4, -0.2) is 11.9 Å². The predicted molar refractivity (Wildman–Crippen MR) is 11.3 cm³/mol. The summed E-state index contributed by atoms with van der Waals surface area (Å²) >= 11 is 0. The predicted octanol–water partition coefficient (Wildman–Crippen LogP) is 0.0737. The summed E-state index contributed by atoms with van der Waals surface area (Å²) in [5, 5.41) is 9.33. The molecular weight excluding hydrogens is 93.0 g/mol. The van der Waals surface area contributed by atoms with E-state index in [0.717, 1.165) is 0 Å². The van der Waals surface area contributed by atoms with E-state index >= 15 is 0 Å². The number of hydrogen-bond acceptors (Lipinski definition) is 2. The Bertz CT molecular complexity index is 15.5. The van der Waals surface area contributed by atoms with Gasteiger partial charge >= 0.3 is 0 Å². The molecule has 0 saturated carbocycles. The summed E-state index contributed by atoms with van der Waals surface area (Å²) in [5.41, 5.74) is 0. The molecule has 0 unspecified atom stereocenters. The average Bonchev–Trinajstić information content (AvgIpc) is 0.918. The number of rotatable bonds is 0. The fraction of sp³-hybridized carbons (Fsp3) is 0. The van der Waals surface area contributed by atoms with Crippen molar-refractivity contribution in [2.24, 2.45) is 5.16 Å². The summed E-state index contributed by atoms with van der Waals surface area (Å²) in [4.78, 5) is 0. The largest absolute Gasteiger partial charge is 0.411 e. The first-order valence-corrected chi connectivity index (χ1v) is 0.516. The van der Waals surface area contributed by atoms with E-state index in [4.69, 9.17) is 5.21 Å². The van der Waals surface area contributed by atoms with E-state index in [0.29, 0.717) is 0 Å². The van der Waals surface area contributed by atoms with Crippen molar-refractivity contribution in [2.75, 3.05) is 0 Å². The fourth-order valence-corrected chi connectivity index (χ4v) is 0. The molecule has 23 valence electrons. The van der Waals surface area contributed by atoms with Crippen molar-refractivity contribution in [3.63, 3.8) is 0 Å². The van der Waals surface area contributed by atoms with Crippen LogP contribution in [0.2, 0.25) is 0 Å². The van der Waals surface area contributed by atoms with E-state index in [-0.39, 0.29) is 18.6 Å². The third-order valence-corrected chi connectivity index (χ3v) is 0. The second-order valence-electron chi connectivity index (χ2n) is 0.141. The third-order valence-electron chi connectivity index (χ3n) is 0. The summed E-state index contributed by atoms with van der Waals surface area (Å²) in [6, 6.07) is 0. The van der Waals surface area contributed by atoms with Gasteiger partial charge in [-0.3, -0.25) is 0 Å². The number of hydrogen-bond donors (Lipinski definition) is 1. The van der Waals surface area contributed by atoms with Crippen molar-refractivity contribution in [2.45, 2.75) is 0 Å². The van der Waals surface area contributed by atoms with Crippen LogP contribution in [-0.2, 0) is 18.6 Å². The van der Waals surface area contributed by atoms with Gasteiger partial charge in [0.05, 0.1) is 0 Å². The van der Waals surface area contributed by atoms with Crippen molar-refractivity contribution >= 4 is 6.72 Å². The normalized spacial score (nSPS) is 3.00. The van der Waals surface area contributed by atoms with E-state index < -0.39 is 0 Å². The molecule has 1 N–H and O–H groups in total. The molecule has 0 bridgehead atoms. The molecule has 4 heavy (non-hydrogen) atoms. The summed E-state index contributed by atoms with van der Waals surface area (Å²) in [5.74, 6) is 0. The number of nitrogens with zero attached hydrogens (tertiary/aromatic N) is 1. The van der Waals surface area contributed by atoms with E-state index in [2.05, 4.69) is 11.9 Å². The molecule has 0 aromatic carbocycles. The van der Waals surface area contributed by atoms with Crippen LogP contribution >= 0.6 is 0 Å². The molecular formula is CH3NOV. The molecule has 1 radical (unpaired) electrons. The summed E-state index contributed by atoms with van der Waals surface area (Å²) in [7, 11) is 0. The SMILES string of the molecule is C=NO.[V]. The average molecular weight is 96.0 g/mol. The fourth-order valence-electron chi connectivity index (χ4n) is 0. The minimum absolute atomic E-state index is 0. The Morgan fingerprint density at radius 2 is 1.75 bits per heavy atom. The van der Waals surface area contributed by atoms with Crippen molar-refractivity contribution in [3.05, 3.63) is 0 Å². The van der Waals surface area contributed by atoms with Gasteiger partial charge in [-0.05, 0) is 0 Å². The first-order valence-electron chi connectivity index (χ1n) is 0.516. The Kier molecular flexibility index (Phi) is 26.0. The van der Waals surface area contributed by atoms with E-state index in [1.165, 1.54) is 0 Å². The van der Waals surface area contributed by atoms with Gasteiger partial charge in [-0.2, -0.15) is 0 Å². The molecule has 0 atom stereocenters. The maximum atomic E-state index is 7.08. The molecule has 0 aliphatic carbocycles. The van der Waals surface area contributed by atoms with Gasteiger partial charge in [-0.25, -0.2) is 0 Å². The van der Waals surface area contributed by atoms with Crippen LogP contribution in [0.3, 0.4) is 0 Å². The minimum atomic E-state index is 0. The van der Waals surface area contributed by atoms with Gasteiger partial charge in [-0.1, -0.05) is 0 Å². The Morgan fingerprint density at radius 3 is 1.75 bits per heavy atom. The smallest absolute Gasteiger partial charge is 0.0298 e. The van der Waals surface area contributed by atoms with Crippen LogP contribution in [0, 0.1) is 0 Å². The summed E-state index contributed by atoms with van der Waals surface area (Å²) < 4.78 is 0. The van der Waals surface area contributed by atoms with Crippen molar-refractivity contribution in [1.29, 1.82) is 0 Å². The van der Waals surface area contributed by atoms with E-state index in [9.17, 15) is 0 Å². The van der Waals surface area contributed by atoms with Gasteiger partial charge in [0.2, 0.25) is 0 Å². The van der Waals surface area contributed by atoms with Crippen LogP contribution in [0.25, 0.3) is 0 Å². The Morgan fingerprint density at radius 1 is 1.75 bits per heavy atom. The quantitative estimate of drug-likeness (QED) is 0.258. The standard InChI is InChI=1S/CH3NO.V/c1-2-3;/h3H,1H2;. The van der Waals surface area contributed by atoms with Crippen LogP contribution in [0.15, 0.2) is 5.16 Å². The van der Waals surface area contributed by atoms with Crippen molar-refractivity contribution in [1.82, 2.24) is 0 Å². The van der Waals surface area contributed by atoms with Gasteiger partial charge < -0.3 is 5.21 Å². The zero-order chi connectivity index (χ0) is 2.71. The minimum Gasteiger partial charge on any atom is -0.411 e. The Labute approximate surface area is 36.4 Å². The van der Waals surface area contributed by atoms with Crippen molar-refractivity contribution in [3.8, 4) is 0 Å². The molecule has 0 aliphatic heterocycles. The van der Waals surface area contributed by atoms with Crippen LogP contribution in [0.1, 0.15) is 0 Å². The van der Waals surface area contributed by atoms with Gasteiger partial charge in [-0.15, -0.1) is 5.16 Å². The first-order chi connectivity index (χ1) is 1.41. The molecule has 0 aromatic rings. The monoisotopic (exact) mass is 96.0 g/mol. The maximum absolute atomic E-state index is 7.08. The van der Waals surface area contributed by atoms with Gasteiger partial charge in [0.25, 0.3) is 0 Å². The van der Waals surface area contributed by atoms with Crippen LogP contribution in [0.4, 0.5) is 0 Å². The summed E-state index contributed by atoms with van der Waals surface area (Å²) in [6.45, 7) is 2.67. The topological polar surface area (TPSA) is 32.6 Å². The Hall–Kier alpha value is 0.0544. The van der Waals surface area contributed by atoms with Gasteiger partial charge in [0.15, 0.2) is 0 Å². The zero-order valence-corrected chi connectivity index (χ0v) is 3.45. The molecule has 2 nitrogen and oxygen atoms in total. The van der Waals surface area contributed by atoms with Crippen LogP contribution in [0.5, 0.6) is 0 Å². The molecule has 0 spiro atoms. The van der Waals surface area contributed by atoms with Crippen LogP contribution < -0.4 is 0 Å². The second-order valence-corrected chi connectivity index (χ2v) is 0.141. The molecule has 0 amide bonds. The molecule has 3 heteroatoms. The molecule has 0 aliphatic rings. The van der Waals surface area contributed by atoms with Gasteiger partial charge in [0.1, 0.15) is 0 Å². The van der Waals surface area contributed by atoms with E-state index in [1.54, 1.807) is 0 Å². The number of oxime groups is 1. The third kappa shape index (κ3) is 771. The second kappa shape index (κ2) is 11.6. The molecule has 0 aromatic heterocycles. The molecule has 0 heterocycles. The molecule has 0 saturated heterocycles. The molecule has 0 rings (SSSR count).